The molecule has 64 heavy (non-hydrogen) atoms. The van der Waals surface area contributed by atoms with Crippen molar-refractivity contribution in [1.82, 2.24) is 0 Å². The van der Waals surface area contributed by atoms with Gasteiger partial charge in [0.2, 0.25) is 0 Å². The summed E-state index contributed by atoms with van der Waals surface area (Å²) < 4.78 is 0. The van der Waals surface area contributed by atoms with Crippen LogP contribution in [-0.2, 0) is 40.4 Å². The Hall–Kier alpha value is -7.37. The Bertz CT molecular complexity index is 2480. The molecule has 4 nitrogen and oxygen atoms in total. The van der Waals surface area contributed by atoms with Gasteiger partial charge in [-0.25, -0.2) is 12.2 Å². The SMILES string of the molecule is O=C(O)C(c1ccccc1)(c1ccccc1)c1ccccc1.O=C(O)C(c1ccccc1)(c1ccccc1)c1ccccc1.[C-]1=CC=CC1.[CH2]=[Ti+2].c1ccc2c(c1)[cH-]c1ccccc12. The molecule has 0 saturated carbocycles. The van der Waals surface area contributed by atoms with Crippen LogP contribution in [0.4, 0.5) is 0 Å². The van der Waals surface area contributed by atoms with Gasteiger partial charge in [0.15, 0.2) is 0 Å². The number of aliphatic carboxylic acids is 2. The van der Waals surface area contributed by atoms with E-state index in [1.54, 1.807) is 20.0 Å². The van der Waals surface area contributed by atoms with Crippen molar-refractivity contribution >= 4 is 38.3 Å². The number of carboxylic acids is 2. The Balaban J connectivity index is 0.000000152. The molecule has 1 aliphatic carbocycles. The predicted octanol–water partition coefficient (Wildman–Crippen LogP) is 13.2. The zero-order chi connectivity index (χ0) is 45.0. The first-order valence-electron chi connectivity index (χ1n) is 20.9. The second-order valence-electron chi connectivity index (χ2n) is 14.6. The Morgan fingerprint density at radius 1 is 0.422 bits per heavy atom. The molecule has 1 aliphatic rings. The maximum Gasteiger partial charge on any atom is -0.0771 e. The normalized spacial score (nSPS) is 11.3. The summed E-state index contributed by atoms with van der Waals surface area (Å²) in [5.74, 6) is -1.76. The summed E-state index contributed by atoms with van der Waals surface area (Å²) in [6.45, 7) is 0. The molecule has 9 aromatic carbocycles. The summed E-state index contributed by atoms with van der Waals surface area (Å²) in [7, 11) is 0. The minimum absolute atomic E-state index is 0.750. The maximum atomic E-state index is 12.4. The van der Waals surface area contributed by atoms with Crippen molar-refractivity contribution in [1.29, 1.82) is 0 Å². The van der Waals surface area contributed by atoms with Crippen molar-refractivity contribution in [2.24, 2.45) is 0 Å². The van der Waals surface area contributed by atoms with E-state index in [1.807, 2.05) is 194 Å². The first-order chi connectivity index (χ1) is 31.5. The molecule has 0 spiro atoms. The molecular formula is C59H48O4Ti. The second kappa shape index (κ2) is 23.2. The Kier molecular flexibility index (Phi) is 16.7. The molecule has 0 aromatic heterocycles. The topological polar surface area (TPSA) is 74.6 Å². The van der Waals surface area contributed by atoms with Crippen LogP contribution < -0.4 is 0 Å². The molecule has 10 rings (SSSR count). The van der Waals surface area contributed by atoms with E-state index in [2.05, 4.69) is 71.6 Å². The quantitative estimate of drug-likeness (QED) is 0.0906. The number of hydrogen-bond donors (Lipinski definition) is 2. The molecule has 0 fully saturated rings. The second-order valence-corrected chi connectivity index (χ2v) is 14.6. The molecular weight excluding hydrogens is 821 g/mol. The monoisotopic (exact) mass is 868 g/mol. The van der Waals surface area contributed by atoms with E-state index in [-0.39, 0.29) is 0 Å². The molecule has 0 unspecified atom stereocenters. The van der Waals surface area contributed by atoms with Gasteiger partial charge in [-0.3, -0.25) is 15.7 Å². The van der Waals surface area contributed by atoms with Gasteiger partial charge in [-0.05, 0) is 33.4 Å². The minimum atomic E-state index is -1.20. The predicted molar refractivity (Wildman–Crippen MR) is 259 cm³/mol. The molecule has 312 valence electrons. The number of carboxylic acid groups (broad SMARTS) is 2. The zero-order valence-electron chi connectivity index (χ0n) is 35.4. The smallest absolute Gasteiger partial charge is 0.0771 e. The van der Waals surface area contributed by atoms with Crippen LogP contribution >= 0.6 is 0 Å². The third-order valence-electron chi connectivity index (χ3n) is 11.0. The fourth-order valence-corrected chi connectivity index (χ4v) is 8.11. The van der Waals surface area contributed by atoms with Gasteiger partial charge in [0.1, 0.15) is 10.8 Å². The fourth-order valence-electron chi connectivity index (χ4n) is 8.11. The number of hydrogen-bond acceptors (Lipinski definition) is 2. The Labute approximate surface area is 387 Å². The van der Waals surface area contributed by atoms with Crippen molar-refractivity contribution in [2.45, 2.75) is 17.3 Å². The average Bonchev–Trinajstić information content (AvgIpc) is 4.08. The van der Waals surface area contributed by atoms with Crippen LogP contribution in [0.1, 0.15) is 39.8 Å². The molecule has 0 amide bonds. The Morgan fingerprint density at radius 3 is 0.875 bits per heavy atom. The third-order valence-corrected chi connectivity index (χ3v) is 11.0. The number of benzene rings is 8. The van der Waals surface area contributed by atoms with E-state index in [0.717, 1.165) is 39.8 Å². The summed E-state index contributed by atoms with van der Waals surface area (Å²) >= 11 is 1.75. The number of rotatable bonds is 8. The molecule has 0 heterocycles. The van der Waals surface area contributed by atoms with Crippen molar-refractivity contribution in [3.8, 4) is 0 Å². The van der Waals surface area contributed by atoms with E-state index in [1.165, 1.54) is 21.5 Å². The van der Waals surface area contributed by atoms with Gasteiger partial charge in [0, 0.05) is 0 Å². The molecule has 5 heteroatoms. The maximum absolute atomic E-state index is 12.4. The van der Waals surface area contributed by atoms with E-state index in [9.17, 15) is 19.8 Å². The van der Waals surface area contributed by atoms with Crippen molar-refractivity contribution < 1.29 is 39.8 Å². The largest absolute Gasteiger partial charge is 0.126 e. The molecule has 0 atom stereocenters. The van der Waals surface area contributed by atoms with Gasteiger partial charge in [-0.15, -0.1) is 46.2 Å². The molecule has 9 aromatic rings. The van der Waals surface area contributed by atoms with Crippen molar-refractivity contribution in [3.63, 3.8) is 0 Å². The van der Waals surface area contributed by atoms with Gasteiger partial charge in [0.05, 0.1) is 0 Å². The number of fused-ring (bicyclic) bond motifs is 3. The van der Waals surface area contributed by atoms with E-state index >= 15 is 0 Å². The van der Waals surface area contributed by atoms with Crippen LogP contribution in [-0.4, -0.2) is 27.0 Å². The van der Waals surface area contributed by atoms with Gasteiger partial charge < -0.3 is 10.2 Å². The Morgan fingerprint density at radius 2 is 0.672 bits per heavy atom. The summed E-state index contributed by atoms with van der Waals surface area (Å²) in [6.07, 6.45) is 10.0. The van der Waals surface area contributed by atoms with Crippen LogP contribution in [0.15, 0.2) is 255 Å². The van der Waals surface area contributed by atoms with Gasteiger partial charge in [0.25, 0.3) is 0 Å². The first-order valence-corrected chi connectivity index (χ1v) is 22.0. The summed E-state index contributed by atoms with van der Waals surface area (Å²) in [5.41, 5.74) is 2.09. The van der Waals surface area contributed by atoms with E-state index in [0.29, 0.717) is 0 Å². The fraction of sp³-hybridized carbons (Fsp3) is 0.0508. The standard InChI is InChI=1S/2C20H16O2.C13H9.C5H5.CH2.Ti/c2*21-19(22)20(16-10-4-1-5-11-16,17-12-6-2-7-13-17)18-14-8-3-9-15-18;1-3-7-12-10(5-1)9-11-6-2-4-8-13(11)12;1-2-4-5-3-1;;/h2*1-15H,(H,21,22);1-9H;1-3H,4H2;1H2;/q;;2*-1;;+2. The van der Waals surface area contributed by atoms with Crippen LogP contribution in [0.25, 0.3) is 21.5 Å². The molecule has 0 saturated heterocycles. The van der Waals surface area contributed by atoms with Crippen LogP contribution in [0.2, 0.25) is 0 Å². The number of allylic oxidation sites excluding steroid dienone is 4. The molecule has 2 N–H and O–H groups in total. The zero-order valence-corrected chi connectivity index (χ0v) is 36.9. The van der Waals surface area contributed by atoms with Crippen molar-refractivity contribution in [3.05, 3.63) is 294 Å². The van der Waals surface area contributed by atoms with Gasteiger partial charge in [-0.2, -0.15) is 6.08 Å². The minimum Gasteiger partial charge on any atom is -0.126 e. The summed E-state index contributed by atoms with van der Waals surface area (Å²) in [6, 6.07) is 75.6. The summed E-state index contributed by atoms with van der Waals surface area (Å²) in [4.78, 5) is 28.1. The third kappa shape index (κ3) is 10.3. The summed E-state index contributed by atoms with van der Waals surface area (Å²) in [5, 5.41) is 25.8. The van der Waals surface area contributed by atoms with E-state index in [4.69, 9.17) is 0 Å². The van der Waals surface area contributed by atoms with Crippen LogP contribution in [0, 0.1) is 6.08 Å². The molecule has 0 aliphatic heterocycles. The first kappa shape index (κ1) is 46.1. The van der Waals surface area contributed by atoms with Crippen molar-refractivity contribution in [2.75, 3.05) is 0 Å². The molecule has 0 radical (unpaired) electrons. The van der Waals surface area contributed by atoms with Gasteiger partial charge >= 0.3 is 36.7 Å². The average molecular weight is 869 g/mol. The van der Waals surface area contributed by atoms with Gasteiger partial charge in [-0.1, -0.05) is 218 Å². The van der Waals surface area contributed by atoms with E-state index < -0.39 is 22.8 Å². The van der Waals surface area contributed by atoms with Crippen LogP contribution in [0.3, 0.4) is 0 Å². The molecule has 0 bridgehead atoms. The number of carbonyl (C=O) groups is 2. The van der Waals surface area contributed by atoms with Crippen LogP contribution in [0.5, 0.6) is 0 Å².